The highest BCUT2D eigenvalue weighted by atomic mass is 35.5. The van der Waals surface area contributed by atoms with Gasteiger partial charge in [0.15, 0.2) is 0 Å². The molecule has 0 radical (unpaired) electrons. The second kappa shape index (κ2) is 6.91. The number of nitrogens with zero attached hydrogens (tertiary/aromatic N) is 1. The molecule has 0 amide bonds. The van der Waals surface area contributed by atoms with Gasteiger partial charge in [-0.2, -0.15) is 4.31 Å². The number of rotatable bonds is 6. The monoisotopic (exact) mass is 336 g/mol. The molecule has 0 fully saturated rings. The summed E-state index contributed by atoms with van der Waals surface area (Å²) in [4.78, 5) is 0.0533. The Hall–Kier alpha value is -0.590. The van der Waals surface area contributed by atoms with Gasteiger partial charge >= 0.3 is 0 Å². The molecule has 1 aromatic carbocycles. The van der Waals surface area contributed by atoms with E-state index >= 15 is 0 Å². The van der Waals surface area contributed by atoms with Crippen LogP contribution in [-0.2, 0) is 16.6 Å². The fourth-order valence-corrected chi connectivity index (χ4v) is 3.79. The second-order valence-electron chi connectivity index (χ2n) is 4.62. The zero-order chi connectivity index (χ0) is 15.5. The lowest BCUT2D eigenvalue weighted by atomic mass is 10.2. The standard InChI is InChI=1S/C13H18Cl2N2O2S/c1-9(2)8-17(4)20(18,19)13-5-10(7-16-3)11(14)6-12(13)15/h5-6,16H,1,7-8H2,2-4H3. The van der Waals surface area contributed by atoms with Gasteiger partial charge in [0.2, 0.25) is 10.0 Å². The van der Waals surface area contributed by atoms with E-state index in [2.05, 4.69) is 11.9 Å². The van der Waals surface area contributed by atoms with Gasteiger partial charge in [-0.1, -0.05) is 35.4 Å². The van der Waals surface area contributed by atoms with Gasteiger partial charge < -0.3 is 5.32 Å². The minimum atomic E-state index is -3.67. The molecule has 4 nitrogen and oxygen atoms in total. The van der Waals surface area contributed by atoms with Crippen LogP contribution in [0.4, 0.5) is 0 Å². The summed E-state index contributed by atoms with van der Waals surface area (Å²) in [5.41, 5.74) is 1.43. The van der Waals surface area contributed by atoms with Gasteiger partial charge in [-0.3, -0.25) is 0 Å². The van der Waals surface area contributed by atoms with Crippen molar-refractivity contribution in [2.45, 2.75) is 18.4 Å². The topological polar surface area (TPSA) is 49.4 Å². The summed E-state index contributed by atoms with van der Waals surface area (Å²) >= 11 is 12.1. The zero-order valence-corrected chi connectivity index (χ0v) is 14.0. The van der Waals surface area contributed by atoms with E-state index in [9.17, 15) is 8.42 Å². The molecule has 0 saturated heterocycles. The lowest BCUT2D eigenvalue weighted by Crippen LogP contribution is -2.28. The molecule has 20 heavy (non-hydrogen) atoms. The first-order valence-electron chi connectivity index (χ1n) is 5.93. The van der Waals surface area contributed by atoms with Crippen molar-refractivity contribution in [1.82, 2.24) is 9.62 Å². The third-order valence-electron chi connectivity index (χ3n) is 2.65. The third kappa shape index (κ3) is 3.96. The van der Waals surface area contributed by atoms with Crippen LogP contribution in [0.25, 0.3) is 0 Å². The summed E-state index contributed by atoms with van der Waals surface area (Å²) in [5, 5.41) is 3.48. The molecular weight excluding hydrogens is 319 g/mol. The number of hydrogen-bond donors (Lipinski definition) is 1. The highest BCUT2D eigenvalue weighted by Crippen LogP contribution is 2.30. The smallest absolute Gasteiger partial charge is 0.244 e. The minimum absolute atomic E-state index is 0.0533. The van der Waals surface area contributed by atoms with Crippen LogP contribution in [0.15, 0.2) is 29.2 Å². The van der Waals surface area contributed by atoms with Crippen LogP contribution in [0.2, 0.25) is 10.0 Å². The molecule has 0 bridgehead atoms. The van der Waals surface area contributed by atoms with Crippen molar-refractivity contribution in [3.05, 3.63) is 39.9 Å². The van der Waals surface area contributed by atoms with Crippen molar-refractivity contribution in [2.75, 3.05) is 20.6 Å². The Labute approximate surface area is 130 Å². The van der Waals surface area contributed by atoms with E-state index in [4.69, 9.17) is 23.2 Å². The first-order valence-corrected chi connectivity index (χ1v) is 8.13. The van der Waals surface area contributed by atoms with Crippen molar-refractivity contribution >= 4 is 33.2 Å². The molecule has 0 heterocycles. The molecule has 0 atom stereocenters. The maximum atomic E-state index is 12.5. The van der Waals surface area contributed by atoms with Crippen LogP contribution < -0.4 is 5.32 Å². The van der Waals surface area contributed by atoms with Gasteiger partial charge in [0.1, 0.15) is 4.90 Å². The molecule has 0 unspecified atom stereocenters. The number of halogens is 2. The Morgan fingerprint density at radius 2 is 1.95 bits per heavy atom. The summed E-state index contributed by atoms with van der Waals surface area (Å²) < 4.78 is 26.2. The molecule has 0 aromatic heterocycles. The quantitative estimate of drug-likeness (QED) is 0.812. The van der Waals surface area contributed by atoms with E-state index in [1.807, 2.05) is 0 Å². The Bertz CT molecular complexity index is 615. The number of sulfonamides is 1. The van der Waals surface area contributed by atoms with Crippen LogP contribution in [-0.4, -0.2) is 33.4 Å². The SMILES string of the molecule is C=C(C)CN(C)S(=O)(=O)c1cc(CNC)c(Cl)cc1Cl. The molecule has 1 rings (SSSR count). The van der Waals surface area contributed by atoms with Crippen molar-refractivity contribution in [2.24, 2.45) is 0 Å². The van der Waals surface area contributed by atoms with Gasteiger partial charge in [0.05, 0.1) is 5.02 Å². The maximum Gasteiger partial charge on any atom is 0.244 e. The molecule has 0 saturated carbocycles. The molecule has 0 aliphatic rings. The Morgan fingerprint density at radius 3 is 2.45 bits per heavy atom. The molecule has 1 aromatic rings. The Kier molecular flexibility index (Phi) is 6.04. The van der Waals surface area contributed by atoms with Crippen LogP contribution in [0.1, 0.15) is 12.5 Å². The maximum absolute atomic E-state index is 12.5. The molecule has 112 valence electrons. The predicted molar refractivity (Wildman–Crippen MR) is 83.9 cm³/mol. The average Bonchev–Trinajstić information content (AvgIpc) is 2.31. The number of likely N-dealkylation sites (N-methyl/N-ethyl adjacent to an activating group) is 1. The molecule has 7 heteroatoms. The van der Waals surface area contributed by atoms with Gasteiger partial charge in [-0.15, -0.1) is 0 Å². The van der Waals surface area contributed by atoms with Crippen LogP contribution in [0, 0.1) is 0 Å². The van der Waals surface area contributed by atoms with Gasteiger partial charge in [0, 0.05) is 25.2 Å². The lowest BCUT2D eigenvalue weighted by Gasteiger charge is -2.19. The van der Waals surface area contributed by atoms with Gasteiger partial charge in [-0.25, -0.2) is 8.42 Å². The van der Waals surface area contributed by atoms with Gasteiger partial charge in [-0.05, 0) is 31.7 Å². The van der Waals surface area contributed by atoms with E-state index in [1.54, 1.807) is 14.0 Å². The molecule has 0 aliphatic carbocycles. The first kappa shape index (κ1) is 17.5. The molecule has 0 spiro atoms. The second-order valence-corrected chi connectivity index (χ2v) is 7.45. The fraction of sp³-hybridized carbons (Fsp3) is 0.385. The van der Waals surface area contributed by atoms with Crippen LogP contribution in [0.3, 0.4) is 0 Å². The summed E-state index contributed by atoms with van der Waals surface area (Å²) in [5.74, 6) is 0. The number of nitrogens with one attached hydrogen (secondary N) is 1. The highest BCUT2D eigenvalue weighted by molar-refractivity contribution is 7.89. The van der Waals surface area contributed by atoms with Crippen molar-refractivity contribution in [3.63, 3.8) is 0 Å². The third-order valence-corrected chi connectivity index (χ3v) is 5.27. The van der Waals surface area contributed by atoms with Crippen molar-refractivity contribution in [1.29, 1.82) is 0 Å². The molecular formula is C13H18Cl2N2O2S. The van der Waals surface area contributed by atoms with E-state index in [-0.39, 0.29) is 16.5 Å². The van der Waals surface area contributed by atoms with Gasteiger partial charge in [0.25, 0.3) is 0 Å². The number of benzene rings is 1. The summed E-state index contributed by atoms with van der Waals surface area (Å²) in [6, 6.07) is 2.96. The van der Waals surface area contributed by atoms with Crippen molar-refractivity contribution < 1.29 is 8.42 Å². The van der Waals surface area contributed by atoms with E-state index in [0.29, 0.717) is 17.1 Å². The van der Waals surface area contributed by atoms with E-state index < -0.39 is 10.0 Å². The molecule has 0 aliphatic heterocycles. The Balaban J connectivity index is 3.30. The summed E-state index contributed by atoms with van der Waals surface area (Å²) in [7, 11) is -0.419. The zero-order valence-electron chi connectivity index (χ0n) is 11.7. The Morgan fingerprint density at radius 1 is 1.35 bits per heavy atom. The predicted octanol–water partition coefficient (Wildman–Crippen LogP) is 2.91. The highest BCUT2D eigenvalue weighted by Gasteiger charge is 2.24. The number of hydrogen-bond acceptors (Lipinski definition) is 3. The largest absolute Gasteiger partial charge is 0.316 e. The fourth-order valence-electron chi connectivity index (χ4n) is 1.73. The van der Waals surface area contributed by atoms with E-state index in [0.717, 1.165) is 5.57 Å². The van der Waals surface area contributed by atoms with Crippen molar-refractivity contribution in [3.8, 4) is 0 Å². The first-order chi connectivity index (χ1) is 9.20. The van der Waals surface area contributed by atoms with Crippen LogP contribution >= 0.6 is 23.2 Å². The summed E-state index contributed by atoms with van der Waals surface area (Å²) in [6.45, 7) is 6.18. The molecule has 1 N–H and O–H groups in total. The summed E-state index contributed by atoms with van der Waals surface area (Å²) in [6.07, 6.45) is 0. The average molecular weight is 337 g/mol. The normalized spacial score (nSPS) is 11.9. The van der Waals surface area contributed by atoms with Crippen LogP contribution in [0.5, 0.6) is 0 Å². The minimum Gasteiger partial charge on any atom is -0.316 e. The van der Waals surface area contributed by atoms with E-state index in [1.165, 1.54) is 23.5 Å². The lowest BCUT2D eigenvalue weighted by molar-refractivity contribution is 0.493.